The third-order valence-electron chi connectivity index (χ3n) is 6.90. The Balaban J connectivity index is 1.42. The predicted molar refractivity (Wildman–Crippen MR) is 96.6 cm³/mol. The van der Waals surface area contributed by atoms with E-state index >= 15 is 0 Å². The van der Waals surface area contributed by atoms with Crippen LogP contribution in [0.25, 0.3) is 0 Å². The molecule has 0 aromatic carbocycles. The minimum atomic E-state index is 0.700. The van der Waals surface area contributed by atoms with E-state index in [2.05, 4.69) is 33.0 Å². The van der Waals surface area contributed by atoms with Crippen molar-refractivity contribution in [3.05, 3.63) is 41.7 Å². The molecule has 4 aliphatic rings. The van der Waals surface area contributed by atoms with E-state index in [0.29, 0.717) is 6.04 Å². The van der Waals surface area contributed by atoms with Crippen LogP contribution in [0.15, 0.2) is 36.2 Å². The maximum absolute atomic E-state index is 4.18. The van der Waals surface area contributed by atoms with Gasteiger partial charge in [-0.1, -0.05) is 18.1 Å². The standard InChI is InChI=1S/C21H29N3/c1-2-10-23-15-19-13-18(20(23)5-1)12-17-4-3-11-24(21(17)19)14-16-6-8-22-9-7-16/h6-9,12,18-21H,1-5,10-11,13-15H2/t18-,19+,20+,21+/m0/s1. The van der Waals surface area contributed by atoms with E-state index in [9.17, 15) is 0 Å². The van der Waals surface area contributed by atoms with Crippen LogP contribution >= 0.6 is 0 Å². The van der Waals surface area contributed by atoms with Crippen LogP contribution in [0.5, 0.6) is 0 Å². The Kier molecular flexibility index (Phi) is 3.94. The number of likely N-dealkylation sites (tertiary alicyclic amines) is 1. The molecule has 3 nitrogen and oxygen atoms in total. The summed E-state index contributed by atoms with van der Waals surface area (Å²) in [5.41, 5.74) is 3.20. The minimum absolute atomic E-state index is 0.700. The van der Waals surface area contributed by atoms with Gasteiger partial charge >= 0.3 is 0 Å². The molecule has 0 radical (unpaired) electrons. The molecule has 3 heteroatoms. The van der Waals surface area contributed by atoms with E-state index in [1.165, 1.54) is 63.7 Å². The number of aromatic nitrogens is 1. The molecule has 24 heavy (non-hydrogen) atoms. The quantitative estimate of drug-likeness (QED) is 0.777. The number of piperidine rings is 3. The number of fused-ring (bicyclic) bond motifs is 6. The van der Waals surface area contributed by atoms with E-state index in [4.69, 9.17) is 0 Å². The predicted octanol–water partition coefficient (Wildman–Crippen LogP) is 3.48. The van der Waals surface area contributed by atoms with Crippen LogP contribution in [0.3, 0.4) is 0 Å². The molecular formula is C21H29N3. The molecule has 1 aliphatic carbocycles. The molecule has 0 spiro atoms. The maximum Gasteiger partial charge on any atom is 0.0351 e. The van der Waals surface area contributed by atoms with Gasteiger partial charge in [0, 0.05) is 37.6 Å². The summed E-state index contributed by atoms with van der Waals surface area (Å²) in [6, 6.07) is 5.93. The van der Waals surface area contributed by atoms with Gasteiger partial charge < -0.3 is 0 Å². The molecule has 0 saturated carbocycles. The molecule has 0 unspecified atom stereocenters. The van der Waals surface area contributed by atoms with Gasteiger partial charge in [0.05, 0.1) is 0 Å². The van der Waals surface area contributed by atoms with Crippen molar-refractivity contribution in [2.75, 3.05) is 19.6 Å². The van der Waals surface area contributed by atoms with Gasteiger partial charge in [-0.3, -0.25) is 14.8 Å². The van der Waals surface area contributed by atoms with Gasteiger partial charge in [-0.2, -0.15) is 0 Å². The number of nitrogens with zero attached hydrogens (tertiary/aromatic N) is 3. The number of hydrogen-bond donors (Lipinski definition) is 0. The average Bonchev–Trinajstić information content (AvgIpc) is 2.63. The van der Waals surface area contributed by atoms with Crippen molar-refractivity contribution in [1.29, 1.82) is 0 Å². The Morgan fingerprint density at radius 1 is 1.08 bits per heavy atom. The fraction of sp³-hybridized carbons (Fsp3) is 0.667. The largest absolute Gasteiger partial charge is 0.299 e. The lowest BCUT2D eigenvalue weighted by Crippen LogP contribution is -2.58. The summed E-state index contributed by atoms with van der Waals surface area (Å²) in [5.74, 6) is 1.70. The van der Waals surface area contributed by atoms with Gasteiger partial charge in [0.1, 0.15) is 0 Å². The van der Waals surface area contributed by atoms with Crippen LogP contribution in [0.1, 0.15) is 44.1 Å². The number of pyridine rings is 1. The van der Waals surface area contributed by atoms with Crippen molar-refractivity contribution < 1.29 is 0 Å². The number of rotatable bonds is 2. The SMILES string of the molecule is C1=C2CCCN(Cc3ccncc3)[C@H]2[C@@H]2C[C@H]1[C@H]1CCCCN1C2. The number of hydrogen-bond acceptors (Lipinski definition) is 3. The van der Waals surface area contributed by atoms with Gasteiger partial charge in [0.25, 0.3) is 0 Å². The van der Waals surface area contributed by atoms with Crippen molar-refractivity contribution in [2.45, 2.75) is 57.2 Å². The van der Waals surface area contributed by atoms with Crippen LogP contribution in [-0.4, -0.2) is 46.5 Å². The minimum Gasteiger partial charge on any atom is -0.299 e. The second-order valence-electron chi connectivity index (χ2n) is 8.33. The van der Waals surface area contributed by atoms with E-state index in [-0.39, 0.29) is 0 Å². The fourth-order valence-electron chi connectivity index (χ4n) is 5.98. The van der Waals surface area contributed by atoms with Crippen LogP contribution in [0.4, 0.5) is 0 Å². The second-order valence-corrected chi connectivity index (χ2v) is 8.33. The zero-order valence-electron chi connectivity index (χ0n) is 14.6. The monoisotopic (exact) mass is 323 g/mol. The summed E-state index contributed by atoms with van der Waals surface area (Å²) < 4.78 is 0. The van der Waals surface area contributed by atoms with E-state index in [0.717, 1.165) is 24.4 Å². The summed E-state index contributed by atoms with van der Waals surface area (Å²) in [5, 5.41) is 0. The molecule has 4 atom stereocenters. The Morgan fingerprint density at radius 3 is 2.92 bits per heavy atom. The lowest BCUT2D eigenvalue weighted by Gasteiger charge is -2.54. The molecule has 4 heterocycles. The van der Waals surface area contributed by atoms with Crippen LogP contribution < -0.4 is 0 Å². The molecule has 0 N–H and O–H groups in total. The van der Waals surface area contributed by atoms with Crippen molar-refractivity contribution in [1.82, 2.24) is 14.8 Å². The zero-order valence-corrected chi connectivity index (χ0v) is 14.6. The normalized spacial score (nSPS) is 36.6. The van der Waals surface area contributed by atoms with E-state index in [1.54, 1.807) is 5.57 Å². The molecular weight excluding hydrogens is 294 g/mol. The summed E-state index contributed by atoms with van der Waals surface area (Å²) >= 11 is 0. The molecule has 5 rings (SSSR count). The molecule has 128 valence electrons. The first-order valence-corrected chi connectivity index (χ1v) is 9.96. The van der Waals surface area contributed by atoms with Gasteiger partial charge in [-0.15, -0.1) is 0 Å². The Hall–Kier alpha value is -1.19. The van der Waals surface area contributed by atoms with E-state index < -0.39 is 0 Å². The van der Waals surface area contributed by atoms with Crippen molar-refractivity contribution in [2.24, 2.45) is 11.8 Å². The molecule has 0 amide bonds. The van der Waals surface area contributed by atoms with Gasteiger partial charge in [0.2, 0.25) is 0 Å². The van der Waals surface area contributed by atoms with Crippen LogP contribution in [0.2, 0.25) is 0 Å². The van der Waals surface area contributed by atoms with Crippen molar-refractivity contribution in [3.8, 4) is 0 Å². The summed E-state index contributed by atoms with van der Waals surface area (Å²) in [4.78, 5) is 9.79. The molecule has 3 saturated heterocycles. The zero-order chi connectivity index (χ0) is 15.9. The van der Waals surface area contributed by atoms with Crippen LogP contribution in [0, 0.1) is 11.8 Å². The van der Waals surface area contributed by atoms with E-state index in [1.807, 2.05) is 12.4 Å². The average molecular weight is 323 g/mol. The first-order valence-electron chi connectivity index (χ1n) is 9.96. The Morgan fingerprint density at radius 2 is 2.00 bits per heavy atom. The summed E-state index contributed by atoms with van der Waals surface area (Å²) in [6.45, 7) is 5.04. The lowest BCUT2D eigenvalue weighted by atomic mass is 9.68. The highest BCUT2D eigenvalue weighted by Crippen LogP contribution is 2.45. The van der Waals surface area contributed by atoms with Crippen molar-refractivity contribution >= 4 is 0 Å². The fourth-order valence-corrected chi connectivity index (χ4v) is 5.98. The third kappa shape index (κ3) is 2.62. The maximum atomic E-state index is 4.18. The molecule has 2 bridgehead atoms. The Bertz CT molecular complexity index is 611. The first kappa shape index (κ1) is 15.1. The Labute approximate surface area is 145 Å². The van der Waals surface area contributed by atoms with Crippen LogP contribution in [-0.2, 0) is 6.54 Å². The topological polar surface area (TPSA) is 19.4 Å². The first-order chi connectivity index (χ1) is 11.9. The smallest absolute Gasteiger partial charge is 0.0351 e. The highest BCUT2D eigenvalue weighted by Gasteiger charge is 2.45. The molecule has 1 aromatic rings. The highest BCUT2D eigenvalue weighted by molar-refractivity contribution is 5.25. The highest BCUT2D eigenvalue weighted by atomic mass is 15.2. The summed E-state index contributed by atoms with van der Waals surface area (Å²) in [6.07, 6.45) is 15.0. The van der Waals surface area contributed by atoms with Gasteiger partial charge in [0.15, 0.2) is 0 Å². The molecule has 3 fully saturated rings. The third-order valence-corrected chi connectivity index (χ3v) is 6.90. The summed E-state index contributed by atoms with van der Waals surface area (Å²) in [7, 11) is 0. The van der Waals surface area contributed by atoms with Crippen molar-refractivity contribution in [3.63, 3.8) is 0 Å². The lowest BCUT2D eigenvalue weighted by molar-refractivity contribution is -0.00265. The van der Waals surface area contributed by atoms with Gasteiger partial charge in [-0.05, 0) is 74.7 Å². The molecule has 1 aromatic heterocycles. The van der Waals surface area contributed by atoms with Gasteiger partial charge in [-0.25, -0.2) is 0 Å². The second kappa shape index (κ2) is 6.27. The molecule has 3 aliphatic heterocycles.